The molecule has 1 N–H and O–H groups in total. The lowest BCUT2D eigenvalue weighted by Gasteiger charge is -2.04. The second kappa shape index (κ2) is 4.43. The molecular formula is C11H10BrNO2S. The molecular weight excluding hydrogens is 290 g/mol. The number of aromatic nitrogens is 1. The standard InChI is InChI=1S/C11H10BrNO2S/c1-7-2-3-13(10(7)11(14)15)5-9-4-8(12)6-16-9/h2-4,6H,5H2,1H3,(H,14,15). The quantitative estimate of drug-likeness (QED) is 0.944. The van der Waals surface area contributed by atoms with Crippen molar-refractivity contribution in [3.8, 4) is 0 Å². The van der Waals surface area contributed by atoms with Crippen molar-refractivity contribution in [1.29, 1.82) is 0 Å². The maximum atomic E-state index is 11.1. The molecule has 0 saturated heterocycles. The number of carboxylic acid groups (broad SMARTS) is 1. The fourth-order valence-electron chi connectivity index (χ4n) is 1.61. The number of nitrogens with zero attached hydrogens (tertiary/aromatic N) is 1. The number of aromatic carboxylic acids is 1. The van der Waals surface area contributed by atoms with Gasteiger partial charge in [0.25, 0.3) is 0 Å². The Kier molecular flexibility index (Phi) is 3.16. The summed E-state index contributed by atoms with van der Waals surface area (Å²) in [7, 11) is 0. The minimum Gasteiger partial charge on any atom is -0.477 e. The second-order valence-electron chi connectivity index (χ2n) is 3.51. The highest BCUT2D eigenvalue weighted by Gasteiger charge is 2.13. The molecule has 0 radical (unpaired) electrons. The zero-order valence-electron chi connectivity index (χ0n) is 8.61. The van der Waals surface area contributed by atoms with Crippen molar-refractivity contribution in [1.82, 2.24) is 4.57 Å². The molecule has 2 aromatic rings. The zero-order valence-corrected chi connectivity index (χ0v) is 11.0. The third-order valence-electron chi connectivity index (χ3n) is 2.32. The van der Waals surface area contributed by atoms with Crippen LogP contribution < -0.4 is 0 Å². The topological polar surface area (TPSA) is 42.2 Å². The monoisotopic (exact) mass is 299 g/mol. The van der Waals surface area contributed by atoms with Gasteiger partial charge < -0.3 is 9.67 Å². The van der Waals surface area contributed by atoms with E-state index in [4.69, 9.17) is 5.11 Å². The van der Waals surface area contributed by atoms with Crippen LogP contribution >= 0.6 is 27.3 Å². The van der Waals surface area contributed by atoms with Crippen LogP contribution in [0.4, 0.5) is 0 Å². The van der Waals surface area contributed by atoms with Crippen LogP contribution in [0.2, 0.25) is 0 Å². The predicted octanol–water partition coefficient (Wildman–Crippen LogP) is 3.37. The fourth-order valence-corrected chi connectivity index (χ4v) is 3.06. The molecule has 0 saturated carbocycles. The van der Waals surface area contributed by atoms with E-state index < -0.39 is 5.97 Å². The number of rotatable bonds is 3. The first-order valence-corrected chi connectivity index (χ1v) is 6.37. The Bertz CT molecular complexity index is 530. The van der Waals surface area contributed by atoms with Gasteiger partial charge in [0.15, 0.2) is 0 Å². The minimum absolute atomic E-state index is 0.365. The molecule has 0 aliphatic heterocycles. The number of halogens is 1. The van der Waals surface area contributed by atoms with Gasteiger partial charge >= 0.3 is 5.97 Å². The summed E-state index contributed by atoms with van der Waals surface area (Å²) in [5, 5.41) is 11.1. The van der Waals surface area contributed by atoms with Crippen LogP contribution in [0.1, 0.15) is 20.9 Å². The summed E-state index contributed by atoms with van der Waals surface area (Å²) in [5.41, 5.74) is 1.16. The molecule has 0 aliphatic rings. The van der Waals surface area contributed by atoms with Crippen molar-refractivity contribution < 1.29 is 9.90 Å². The van der Waals surface area contributed by atoms with Crippen molar-refractivity contribution >= 4 is 33.2 Å². The van der Waals surface area contributed by atoms with E-state index in [2.05, 4.69) is 15.9 Å². The molecule has 3 nitrogen and oxygen atoms in total. The van der Waals surface area contributed by atoms with E-state index in [1.54, 1.807) is 15.9 Å². The number of thiophene rings is 1. The third kappa shape index (κ3) is 2.20. The first kappa shape index (κ1) is 11.4. The van der Waals surface area contributed by atoms with E-state index in [1.165, 1.54) is 0 Å². The smallest absolute Gasteiger partial charge is 0.352 e. The molecule has 2 rings (SSSR count). The number of hydrogen-bond acceptors (Lipinski definition) is 2. The summed E-state index contributed by atoms with van der Waals surface area (Å²) >= 11 is 5.00. The molecule has 0 aromatic carbocycles. The van der Waals surface area contributed by atoms with Gasteiger partial charge in [0.05, 0.1) is 6.54 Å². The van der Waals surface area contributed by atoms with Gasteiger partial charge in [-0.2, -0.15) is 0 Å². The maximum absolute atomic E-state index is 11.1. The average Bonchev–Trinajstić information content (AvgIpc) is 2.74. The molecule has 5 heteroatoms. The van der Waals surface area contributed by atoms with Gasteiger partial charge in [-0.05, 0) is 40.5 Å². The summed E-state index contributed by atoms with van der Waals surface area (Å²) in [5.74, 6) is -0.877. The summed E-state index contributed by atoms with van der Waals surface area (Å²) in [6.07, 6.45) is 1.81. The largest absolute Gasteiger partial charge is 0.477 e. The third-order valence-corrected chi connectivity index (χ3v) is 4.00. The molecule has 2 aromatic heterocycles. The van der Waals surface area contributed by atoms with Crippen LogP contribution in [0.15, 0.2) is 28.2 Å². The Morgan fingerprint density at radius 1 is 1.62 bits per heavy atom. The minimum atomic E-state index is -0.877. The van der Waals surface area contributed by atoms with Gasteiger partial charge in [-0.1, -0.05) is 0 Å². The van der Waals surface area contributed by atoms with Crippen molar-refractivity contribution in [2.75, 3.05) is 0 Å². The Hall–Kier alpha value is -1.07. The van der Waals surface area contributed by atoms with Gasteiger partial charge in [0.2, 0.25) is 0 Å². The fraction of sp³-hybridized carbons (Fsp3) is 0.182. The normalized spacial score (nSPS) is 10.6. The number of aryl methyl sites for hydroxylation is 1. The predicted molar refractivity (Wildman–Crippen MR) is 67.2 cm³/mol. The summed E-state index contributed by atoms with van der Waals surface area (Å²) < 4.78 is 2.80. The SMILES string of the molecule is Cc1ccn(Cc2cc(Br)cs2)c1C(=O)O. The van der Waals surface area contributed by atoms with Gasteiger partial charge in [0.1, 0.15) is 5.69 Å². The van der Waals surface area contributed by atoms with Crippen LogP contribution in [0.25, 0.3) is 0 Å². The molecule has 0 unspecified atom stereocenters. The molecule has 0 amide bonds. The first-order chi connectivity index (χ1) is 7.58. The van der Waals surface area contributed by atoms with Crippen molar-refractivity contribution in [3.63, 3.8) is 0 Å². The van der Waals surface area contributed by atoms with Crippen LogP contribution in [0, 0.1) is 6.92 Å². The summed E-state index contributed by atoms with van der Waals surface area (Å²) in [6.45, 7) is 2.41. The maximum Gasteiger partial charge on any atom is 0.352 e. The van der Waals surface area contributed by atoms with E-state index in [9.17, 15) is 4.79 Å². The highest BCUT2D eigenvalue weighted by molar-refractivity contribution is 9.10. The van der Waals surface area contributed by atoms with Gasteiger partial charge in [-0.25, -0.2) is 4.79 Å². The van der Waals surface area contributed by atoms with E-state index >= 15 is 0 Å². The molecule has 0 bridgehead atoms. The lowest BCUT2D eigenvalue weighted by molar-refractivity contribution is 0.0685. The summed E-state index contributed by atoms with van der Waals surface area (Å²) in [6, 6.07) is 3.83. The highest BCUT2D eigenvalue weighted by atomic mass is 79.9. The van der Waals surface area contributed by atoms with Crippen molar-refractivity contribution in [3.05, 3.63) is 44.3 Å². The first-order valence-electron chi connectivity index (χ1n) is 4.70. The Morgan fingerprint density at radius 2 is 2.38 bits per heavy atom. The molecule has 0 spiro atoms. The molecule has 0 fully saturated rings. The number of hydrogen-bond donors (Lipinski definition) is 1. The Labute approximate surface area is 105 Å². The number of carboxylic acids is 1. The summed E-state index contributed by atoms with van der Waals surface area (Å²) in [4.78, 5) is 12.2. The highest BCUT2D eigenvalue weighted by Crippen LogP contribution is 2.22. The van der Waals surface area contributed by atoms with Crippen molar-refractivity contribution in [2.24, 2.45) is 0 Å². The van der Waals surface area contributed by atoms with Crippen LogP contribution in [0.5, 0.6) is 0 Å². The van der Waals surface area contributed by atoms with Crippen LogP contribution in [-0.2, 0) is 6.54 Å². The van der Waals surface area contributed by atoms with Gasteiger partial charge in [0, 0.05) is 20.9 Å². The molecule has 16 heavy (non-hydrogen) atoms. The van der Waals surface area contributed by atoms with E-state index in [0.717, 1.165) is 14.9 Å². The van der Waals surface area contributed by atoms with Gasteiger partial charge in [-0.3, -0.25) is 0 Å². The van der Waals surface area contributed by atoms with E-state index in [0.29, 0.717) is 12.2 Å². The van der Waals surface area contributed by atoms with Crippen LogP contribution in [0.3, 0.4) is 0 Å². The second-order valence-corrected chi connectivity index (χ2v) is 5.42. The van der Waals surface area contributed by atoms with Crippen molar-refractivity contribution in [2.45, 2.75) is 13.5 Å². The molecule has 2 heterocycles. The lowest BCUT2D eigenvalue weighted by Crippen LogP contribution is -2.09. The van der Waals surface area contributed by atoms with E-state index in [-0.39, 0.29) is 0 Å². The lowest BCUT2D eigenvalue weighted by atomic mass is 10.3. The molecule has 0 aliphatic carbocycles. The van der Waals surface area contributed by atoms with Gasteiger partial charge in [-0.15, -0.1) is 11.3 Å². The zero-order chi connectivity index (χ0) is 11.7. The average molecular weight is 300 g/mol. The molecule has 0 atom stereocenters. The Morgan fingerprint density at radius 3 is 2.94 bits per heavy atom. The molecule has 84 valence electrons. The van der Waals surface area contributed by atoms with E-state index in [1.807, 2.05) is 30.6 Å². The van der Waals surface area contributed by atoms with Crippen LogP contribution in [-0.4, -0.2) is 15.6 Å². The number of carbonyl (C=O) groups is 1. The Balaban J connectivity index is 2.31.